The molecule has 1 aromatic rings. The number of carbonyl (C=O) groups is 1. The largest absolute Gasteiger partial charge is 0.388 e. The Morgan fingerprint density at radius 1 is 1.56 bits per heavy atom. The Balaban J connectivity index is 2.34. The molecule has 0 aromatic carbocycles. The summed E-state index contributed by atoms with van der Waals surface area (Å²) in [5, 5.41) is 5.63. The van der Waals surface area contributed by atoms with Crippen LogP contribution in [0.25, 0.3) is 0 Å². The first-order valence-electron chi connectivity index (χ1n) is 5.39. The molecule has 4 N–H and O–H groups in total. The van der Waals surface area contributed by atoms with Crippen molar-refractivity contribution in [3.05, 3.63) is 24.0 Å². The number of pyridine rings is 1. The van der Waals surface area contributed by atoms with E-state index in [4.69, 9.17) is 22.7 Å². The van der Waals surface area contributed by atoms with E-state index in [0.29, 0.717) is 18.8 Å². The van der Waals surface area contributed by atoms with E-state index >= 15 is 0 Å². The van der Waals surface area contributed by atoms with E-state index in [0.717, 1.165) is 5.69 Å². The third kappa shape index (κ3) is 5.07. The number of hydrogen-bond acceptors (Lipinski definition) is 5. The molecule has 7 heteroatoms. The number of carbonyl (C=O) groups excluding carboxylic acids is 1. The van der Waals surface area contributed by atoms with Crippen LogP contribution in [-0.2, 0) is 9.53 Å². The standard InChI is InChI=1S/C11H16N4O2S/c1-17-5-4-13-10(16)7-14-8-2-3-9(11(12)18)15-6-8/h2-3,6,14H,4-5,7H2,1H3,(H2,12,18)(H,13,16). The van der Waals surface area contributed by atoms with Crippen molar-refractivity contribution in [1.29, 1.82) is 0 Å². The van der Waals surface area contributed by atoms with Crippen LogP contribution in [0.3, 0.4) is 0 Å². The summed E-state index contributed by atoms with van der Waals surface area (Å²) in [5.41, 5.74) is 6.72. The van der Waals surface area contributed by atoms with E-state index in [1.54, 1.807) is 25.4 Å². The molecule has 1 rings (SSSR count). The van der Waals surface area contributed by atoms with Gasteiger partial charge in [0.15, 0.2) is 0 Å². The number of anilines is 1. The highest BCUT2D eigenvalue weighted by Gasteiger charge is 2.01. The average Bonchev–Trinajstić information content (AvgIpc) is 2.37. The lowest BCUT2D eigenvalue weighted by atomic mass is 10.3. The van der Waals surface area contributed by atoms with Crippen molar-refractivity contribution >= 4 is 28.8 Å². The van der Waals surface area contributed by atoms with Crippen LogP contribution in [0.1, 0.15) is 5.69 Å². The molecule has 1 heterocycles. The molecular weight excluding hydrogens is 252 g/mol. The van der Waals surface area contributed by atoms with Gasteiger partial charge in [-0.15, -0.1) is 0 Å². The van der Waals surface area contributed by atoms with E-state index in [1.165, 1.54) is 0 Å². The Morgan fingerprint density at radius 2 is 2.33 bits per heavy atom. The number of methoxy groups -OCH3 is 1. The van der Waals surface area contributed by atoms with Gasteiger partial charge in [0.1, 0.15) is 4.99 Å². The molecule has 18 heavy (non-hydrogen) atoms. The van der Waals surface area contributed by atoms with Crippen molar-refractivity contribution in [2.75, 3.05) is 32.1 Å². The summed E-state index contributed by atoms with van der Waals surface area (Å²) < 4.78 is 4.82. The molecule has 1 aromatic heterocycles. The zero-order valence-corrected chi connectivity index (χ0v) is 10.9. The van der Waals surface area contributed by atoms with Crippen LogP contribution in [-0.4, -0.2) is 42.7 Å². The Morgan fingerprint density at radius 3 is 2.89 bits per heavy atom. The lowest BCUT2D eigenvalue weighted by molar-refractivity contribution is -0.119. The molecule has 0 spiro atoms. The summed E-state index contributed by atoms with van der Waals surface area (Å²) in [6.45, 7) is 1.17. The number of nitrogens with one attached hydrogen (secondary N) is 2. The molecule has 0 saturated heterocycles. The highest BCUT2D eigenvalue weighted by atomic mass is 32.1. The number of nitrogens with zero attached hydrogens (tertiary/aromatic N) is 1. The molecule has 0 saturated carbocycles. The van der Waals surface area contributed by atoms with Crippen LogP contribution < -0.4 is 16.4 Å². The molecule has 1 amide bonds. The Labute approximate surface area is 111 Å². The van der Waals surface area contributed by atoms with Crippen molar-refractivity contribution in [3.8, 4) is 0 Å². The number of ether oxygens (including phenoxy) is 1. The Kier molecular flexibility index (Phi) is 6.03. The predicted molar refractivity (Wildman–Crippen MR) is 73.5 cm³/mol. The molecule has 0 fully saturated rings. The second-order valence-corrected chi connectivity index (χ2v) is 3.93. The highest BCUT2D eigenvalue weighted by molar-refractivity contribution is 7.80. The molecule has 0 aliphatic heterocycles. The fraction of sp³-hybridized carbons (Fsp3) is 0.364. The van der Waals surface area contributed by atoms with Gasteiger partial charge in [0.05, 0.1) is 30.7 Å². The number of amides is 1. The van der Waals surface area contributed by atoms with Crippen molar-refractivity contribution in [2.45, 2.75) is 0 Å². The van der Waals surface area contributed by atoms with Gasteiger partial charge >= 0.3 is 0 Å². The molecule has 0 radical (unpaired) electrons. The van der Waals surface area contributed by atoms with Gasteiger partial charge in [-0.3, -0.25) is 9.78 Å². The maximum absolute atomic E-state index is 11.4. The number of nitrogens with two attached hydrogens (primary N) is 1. The minimum Gasteiger partial charge on any atom is -0.388 e. The quantitative estimate of drug-likeness (QED) is 0.472. The maximum Gasteiger partial charge on any atom is 0.239 e. The minimum atomic E-state index is -0.106. The van der Waals surface area contributed by atoms with E-state index in [1.807, 2.05) is 0 Å². The second kappa shape index (κ2) is 7.57. The van der Waals surface area contributed by atoms with E-state index in [9.17, 15) is 4.79 Å². The third-order valence-electron chi connectivity index (χ3n) is 2.10. The number of rotatable bonds is 7. The molecule has 0 aliphatic carbocycles. The van der Waals surface area contributed by atoms with Gasteiger partial charge in [-0.25, -0.2) is 0 Å². The van der Waals surface area contributed by atoms with Gasteiger partial charge in [0, 0.05) is 13.7 Å². The summed E-state index contributed by atoms with van der Waals surface area (Å²) in [5.74, 6) is -0.106. The summed E-state index contributed by atoms with van der Waals surface area (Å²) >= 11 is 4.79. The number of hydrogen-bond donors (Lipinski definition) is 3. The SMILES string of the molecule is COCCNC(=O)CNc1ccc(C(N)=S)nc1. The molecule has 0 atom stereocenters. The van der Waals surface area contributed by atoms with Gasteiger partial charge in [0.2, 0.25) is 5.91 Å². The number of thiocarbonyl (C=S) groups is 1. The first-order chi connectivity index (χ1) is 8.63. The van der Waals surface area contributed by atoms with Gasteiger partial charge in [-0.2, -0.15) is 0 Å². The van der Waals surface area contributed by atoms with Crippen LogP contribution in [0.15, 0.2) is 18.3 Å². The zero-order chi connectivity index (χ0) is 13.4. The summed E-state index contributed by atoms with van der Waals surface area (Å²) in [6, 6.07) is 3.47. The van der Waals surface area contributed by atoms with Gasteiger partial charge < -0.3 is 21.1 Å². The minimum absolute atomic E-state index is 0.106. The lowest BCUT2D eigenvalue weighted by Gasteiger charge is -2.07. The molecule has 6 nitrogen and oxygen atoms in total. The highest BCUT2D eigenvalue weighted by Crippen LogP contribution is 2.05. The van der Waals surface area contributed by atoms with Crippen molar-refractivity contribution in [2.24, 2.45) is 5.73 Å². The van der Waals surface area contributed by atoms with Crippen molar-refractivity contribution < 1.29 is 9.53 Å². The predicted octanol–water partition coefficient (Wildman–Crippen LogP) is -0.110. The molecular formula is C11H16N4O2S. The normalized spacial score (nSPS) is 9.83. The first-order valence-corrected chi connectivity index (χ1v) is 5.79. The zero-order valence-electron chi connectivity index (χ0n) is 10.1. The van der Waals surface area contributed by atoms with Crippen LogP contribution in [0.2, 0.25) is 0 Å². The Hall–Kier alpha value is -1.73. The number of aromatic nitrogens is 1. The maximum atomic E-state index is 11.4. The van der Waals surface area contributed by atoms with Crippen LogP contribution in [0.5, 0.6) is 0 Å². The van der Waals surface area contributed by atoms with Gasteiger partial charge in [-0.1, -0.05) is 12.2 Å². The summed E-state index contributed by atoms with van der Waals surface area (Å²) in [4.78, 5) is 15.7. The summed E-state index contributed by atoms with van der Waals surface area (Å²) in [6.07, 6.45) is 1.58. The van der Waals surface area contributed by atoms with Crippen LogP contribution in [0.4, 0.5) is 5.69 Å². The summed E-state index contributed by atoms with van der Waals surface area (Å²) in [7, 11) is 1.58. The van der Waals surface area contributed by atoms with Crippen molar-refractivity contribution in [1.82, 2.24) is 10.3 Å². The van der Waals surface area contributed by atoms with E-state index in [2.05, 4.69) is 15.6 Å². The molecule has 98 valence electrons. The van der Waals surface area contributed by atoms with E-state index in [-0.39, 0.29) is 17.4 Å². The van der Waals surface area contributed by atoms with Gasteiger partial charge in [0.25, 0.3) is 0 Å². The Bertz CT molecular complexity index is 408. The fourth-order valence-electron chi connectivity index (χ4n) is 1.18. The third-order valence-corrected chi connectivity index (χ3v) is 2.31. The smallest absolute Gasteiger partial charge is 0.239 e. The fourth-order valence-corrected chi connectivity index (χ4v) is 1.30. The molecule has 0 unspecified atom stereocenters. The van der Waals surface area contributed by atoms with Crippen LogP contribution >= 0.6 is 12.2 Å². The monoisotopic (exact) mass is 268 g/mol. The average molecular weight is 268 g/mol. The van der Waals surface area contributed by atoms with E-state index < -0.39 is 0 Å². The van der Waals surface area contributed by atoms with Crippen LogP contribution in [0, 0.1) is 0 Å². The van der Waals surface area contributed by atoms with Crippen molar-refractivity contribution in [3.63, 3.8) is 0 Å². The first kappa shape index (κ1) is 14.3. The second-order valence-electron chi connectivity index (χ2n) is 3.49. The molecule has 0 bridgehead atoms. The topological polar surface area (TPSA) is 89.3 Å². The van der Waals surface area contributed by atoms with Gasteiger partial charge in [-0.05, 0) is 12.1 Å². The molecule has 0 aliphatic rings. The lowest BCUT2D eigenvalue weighted by Crippen LogP contribution is -2.32.